The van der Waals surface area contributed by atoms with Crippen molar-refractivity contribution in [3.8, 4) is 5.75 Å². The minimum absolute atomic E-state index is 0.0660. The largest absolute Gasteiger partial charge is 0.505 e. The maximum atomic E-state index is 13.9. The van der Waals surface area contributed by atoms with Gasteiger partial charge in [-0.3, -0.25) is 14.5 Å². The number of fused-ring (bicyclic) bond motifs is 3. The third-order valence-corrected chi connectivity index (χ3v) is 7.91. The van der Waals surface area contributed by atoms with E-state index in [0.29, 0.717) is 37.7 Å². The lowest BCUT2D eigenvalue weighted by atomic mass is 9.58. The Kier molecular flexibility index (Phi) is 8.36. The van der Waals surface area contributed by atoms with E-state index < -0.39 is 18.9 Å². The van der Waals surface area contributed by atoms with Crippen molar-refractivity contribution in [3.05, 3.63) is 46.3 Å². The van der Waals surface area contributed by atoms with Crippen LogP contribution in [0.5, 0.6) is 5.75 Å². The maximum absolute atomic E-state index is 13.9. The summed E-state index contributed by atoms with van der Waals surface area (Å²) in [5, 5.41) is 20.1. The highest BCUT2D eigenvalue weighted by molar-refractivity contribution is 6.43. The number of aromatic hydroxyl groups is 1. The van der Waals surface area contributed by atoms with E-state index in [2.05, 4.69) is 13.8 Å². The van der Waals surface area contributed by atoms with Crippen LogP contribution in [-0.2, 0) is 14.2 Å². The molecule has 2 heterocycles. The van der Waals surface area contributed by atoms with Gasteiger partial charge in [-0.15, -0.1) is 0 Å². The number of carbonyl (C=O) groups is 2. The summed E-state index contributed by atoms with van der Waals surface area (Å²) >= 11 is 0. The lowest BCUT2D eigenvalue weighted by molar-refractivity contribution is -0.140. The molecular formula is C28H37BFNO5. The Labute approximate surface area is 213 Å². The van der Waals surface area contributed by atoms with Crippen LogP contribution in [0.25, 0.3) is 6.08 Å². The lowest BCUT2D eigenvalue weighted by Gasteiger charge is -2.43. The highest BCUT2D eigenvalue weighted by atomic mass is 19.1. The summed E-state index contributed by atoms with van der Waals surface area (Å²) < 4.78 is 19.9. The molecule has 2 aliphatic heterocycles. The summed E-state index contributed by atoms with van der Waals surface area (Å²) in [7, 11) is -0.978. The molecule has 194 valence electrons. The molecule has 6 nitrogen and oxygen atoms in total. The first kappa shape index (κ1) is 26.6. The molecule has 0 radical (unpaired) electrons. The topological polar surface area (TPSA) is 87.1 Å². The lowest BCUT2D eigenvalue weighted by Crippen LogP contribution is -2.46. The molecule has 2 saturated heterocycles. The van der Waals surface area contributed by atoms with Crippen LogP contribution >= 0.6 is 0 Å². The van der Waals surface area contributed by atoms with Gasteiger partial charge in [0.05, 0.1) is 17.9 Å². The molecule has 0 spiro atoms. The molecule has 2 fully saturated rings. The fourth-order valence-electron chi connectivity index (χ4n) is 6.37. The molecule has 36 heavy (non-hydrogen) atoms. The normalized spacial score (nSPS) is 26.5. The summed E-state index contributed by atoms with van der Waals surface area (Å²) in [6.07, 6.45) is 7.16. The first-order chi connectivity index (χ1) is 17.3. The van der Waals surface area contributed by atoms with E-state index >= 15 is 0 Å². The Morgan fingerprint density at radius 1 is 1.17 bits per heavy atom. The number of carbonyl (C=O) groups excluding carboxylic acids is 2. The molecule has 2 amide bonds. The fourth-order valence-corrected chi connectivity index (χ4v) is 6.37. The van der Waals surface area contributed by atoms with E-state index in [0.717, 1.165) is 36.8 Å². The van der Waals surface area contributed by atoms with Crippen molar-refractivity contribution in [1.29, 1.82) is 0 Å². The van der Waals surface area contributed by atoms with Crippen molar-refractivity contribution in [2.24, 2.45) is 17.8 Å². The Morgan fingerprint density at radius 3 is 2.61 bits per heavy atom. The van der Waals surface area contributed by atoms with Crippen LogP contribution in [-0.4, -0.2) is 46.6 Å². The van der Waals surface area contributed by atoms with Gasteiger partial charge >= 0.3 is 7.12 Å². The van der Waals surface area contributed by atoms with E-state index in [1.807, 2.05) is 13.0 Å². The first-order valence-corrected chi connectivity index (χ1v) is 13.4. The number of benzene rings is 1. The number of allylic oxidation sites excluding steroid dienone is 2. The number of phenolic OH excluding ortho intramolecular Hbond substituents is 1. The molecule has 8 heteroatoms. The molecule has 1 aromatic rings. The molecule has 1 aliphatic carbocycles. The average molecular weight is 497 g/mol. The zero-order chi connectivity index (χ0) is 26.0. The predicted molar refractivity (Wildman–Crippen MR) is 137 cm³/mol. The number of hydrogen-bond donors (Lipinski definition) is 2. The zero-order valence-electron chi connectivity index (χ0n) is 21.5. The molecule has 3 aliphatic rings. The van der Waals surface area contributed by atoms with E-state index in [1.54, 1.807) is 6.07 Å². The number of halogens is 1. The fraction of sp³-hybridized carbons (Fsp3) is 0.571. The zero-order valence-corrected chi connectivity index (χ0v) is 21.5. The SMILES string of the molecule is CCC/C(=C\c1ccc(O)c(F)c1)CC[C@H]1OB(O)C[C@H]2C1=C(CC)C[C@H]1C(=O)N(CCC)C(=O)[C@H]12. The standard InChI is InChI=1S/C28H37BFNO5/c1-4-7-17(13-18-8-10-23(32)22(30)14-18)9-11-24-25-19(6-3)15-20-26(21(25)16-29(35)36-24)28(34)31(12-5-2)27(20)33/h8,10,13-14,20-21,24,26,32,35H,4-7,9,11-12,15-16H2,1-3H3/b17-13+/t20-,21+,24-,26-/m1/s1. The van der Waals surface area contributed by atoms with E-state index in [1.165, 1.54) is 22.6 Å². The highest BCUT2D eigenvalue weighted by Gasteiger charge is 2.56. The van der Waals surface area contributed by atoms with Crippen molar-refractivity contribution < 1.29 is 28.8 Å². The maximum Gasteiger partial charge on any atom is 0.455 e. The van der Waals surface area contributed by atoms with Gasteiger partial charge in [-0.1, -0.05) is 50.5 Å². The van der Waals surface area contributed by atoms with Crippen molar-refractivity contribution >= 4 is 25.0 Å². The number of rotatable bonds is 9. The Hall–Kier alpha value is -2.45. The average Bonchev–Trinajstić information content (AvgIpc) is 3.09. The molecular weight excluding hydrogens is 460 g/mol. The van der Waals surface area contributed by atoms with Crippen molar-refractivity contribution in [2.75, 3.05) is 6.54 Å². The number of likely N-dealkylation sites (tertiary alicyclic amines) is 1. The second-order valence-corrected chi connectivity index (χ2v) is 10.3. The Morgan fingerprint density at radius 2 is 1.94 bits per heavy atom. The highest BCUT2D eigenvalue weighted by Crippen LogP contribution is 2.51. The number of nitrogens with zero attached hydrogens (tertiary/aromatic N) is 1. The molecule has 1 aromatic carbocycles. The second kappa shape index (κ2) is 11.3. The number of hydrogen-bond acceptors (Lipinski definition) is 5. The van der Waals surface area contributed by atoms with Crippen LogP contribution in [0.1, 0.15) is 71.3 Å². The molecule has 0 saturated carbocycles. The molecule has 0 aromatic heterocycles. The van der Waals surface area contributed by atoms with Gasteiger partial charge in [-0.05, 0) is 74.0 Å². The number of amides is 2. The van der Waals surface area contributed by atoms with Gasteiger partial charge in [0.25, 0.3) is 0 Å². The van der Waals surface area contributed by atoms with Crippen molar-refractivity contribution in [1.82, 2.24) is 4.90 Å². The number of imide groups is 1. The van der Waals surface area contributed by atoms with Crippen LogP contribution in [0.4, 0.5) is 4.39 Å². The van der Waals surface area contributed by atoms with Crippen LogP contribution in [0.3, 0.4) is 0 Å². The first-order valence-electron chi connectivity index (χ1n) is 13.4. The molecule has 0 bridgehead atoms. The molecule has 0 unspecified atom stereocenters. The number of phenols is 1. The Balaban J connectivity index is 1.59. The Bertz CT molecular complexity index is 1070. The van der Waals surface area contributed by atoms with Gasteiger partial charge in [-0.2, -0.15) is 0 Å². The van der Waals surface area contributed by atoms with Gasteiger partial charge in [0.2, 0.25) is 11.8 Å². The summed E-state index contributed by atoms with van der Waals surface area (Å²) in [5.41, 5.74) is 4.11. The van der Waals surface area contributed by atoms with Crippen molar-refractivity contribution in [3.63, 3.8) is 0 Å². The van der Waals surface area contributed by atoms with Gasteiger partial charge in [0.15, 0.2) is 11.6 Å². The molecule has 4 rings (SSSR count). The van der Waals surface area contributed by atoms with E-state index in [9.17, 15) is 24.1 Å². The van der Waals surface area contributed by atoms with Gasteiger partial charge < -0.3 is 14.8 Å². The third-order valence-electron chi connectivity index (χ3n) is 7.91. The van der Waals surface area contributed by atoms with Crippen LogP contribution in [0.2, 0.25) is 6.32 Å². The molecule has 4 atom stereocenters. The summed E-state index contributed by atoms with van der Waals surface area (Å²) in [4.78, 5) is 27.8. The minimum atomic E-state index is -0.978. The van der Waals surface area contributed by atoms with Crippen LogP contribution in [0.15, 0.2) is 34.9 Å². The van der Waals surface area contributed by atoms with Gasteiger partial charge in [0, 0.05) is 6.54 Å². The second-order valence-electron chi connectivity index (χ2n) is 10.3. The molecule has 2 N–H and O–H groups in total. The van der Waals surface area contributed by atoms with Crippen molar-refractivity contribution in [2.45, 2.75) is 78.1 Å². The van der Waals surface area contributed by atoms with Gasteiger partial charge in [0.1, 0.15) is 0 Å². The van der Waals surface area contributed by atoms with E-state index in [-0.39, 0.29) is 35.5 Å². The van der Waals surface area contributed by atoms with Crippen LogP contribution < -0.4 is 0 Å². The monoisotopic (exact) mass is 497 g/mol. The van der Waals surface area contributed by atoms with Gasteiger partial charge in [-0.25, -0.2) is 4.39 Å². The minimum Gasteiger partial charge on any atom is -0.505 e. The van der Waals surface area contributed by atoms with E-state index in [4.69, 9.17) is 4.65 Å². The van der Waals surface area contributed by atoms with Crippen LogP contribution in [0, 0.1) is 23.6 Å². The summed E-state index contributed by atoms with van der Waals surface area (Å²) in [6.45, 7) is 6.58. The summed E-state index contributed by atoms with van der Waals surface area (Å²) in [6, 6.07) is 4.37. The third kappa shape index (κ3) is 5.16. The quantitative estimate of drug-likeness (QED) is 0.281. The predicted octanol–water partition coefficient (Wildman–Crippen LogP) is 5.11. The summed E-state index contributed by atoms with van der Waals surface area (Å²) in [5.74, 6) is -2.12. The smallest absolute Gasteiger partial charge is 0.455 e.